The number of nitrogens with zero attached hydrogens (tertiary/aromatic N) is 2. The van der Waals surface area contributed by atoms with Crippen LogP contribution in [0.4, 0.5) is 0 Å². The molecule has 1 heterocycles. The summed E-state index contributed by atoms with van der Waals surface area (Å²) in [6.45, 7) is 15.1. The molecule has 27 heavy (non-hydrogen) atoms. The van der Waals surface area contributed by atoms with Gasteiger partial charge in [0.25, 0.3) is 0 Å². The van der Waals surface area contributed by atoms with Gasteiger partial charge in [-0.05, 0) is 40.5 Å². The molecule has 1 aliphatic rings. The summed E-state index contributed by atoms with van der Waals surface area (Å²) in [7, 11) is 0. The Morgan fingerprint density at radius 3 is 2.48 bits per heavy atom. The summed E-state index contributed by atoms with van der Waals surface area (Å²) in [5, 5.41) is 6.70. The Kier molecular flexibility index (Phi) is 12.1. The molecule has 1 aliphatic heterocycles. The lowest BCUT2D eigenvalue weighted by Crippen LogP contribution is -2.44. The van der Waals surface area contributed by atoms with E-state index in [2.05, 4.69) is 27.4 Å². The first-order valence-corrected chi connectivity index (χ1v) is 10.4. The zero-order valence-corrected chi connectivity index (χ0v) is 17.8. The molecule has 0 spiro atoms. The molecule has 7 nitrogen and oxygen atoms in total. The Balaban J connectivity index is 2.09. The first kappa shape index (κ1) is 23.7. The van der Waals surface area contributed by atoms with E-state index in [1.54, 1.807) is 0 Å². The van der Waals surface area contributed by atoms with Gasteiger partial charge in [-0.3, -0.25) is 14.7 Å². The van der Waals surface area contributed by atoms with Gasteiger partial charge < -0.3 is 20.1 Å². The van der Waals surface area contributed by atoms with Crippen LogP contribution in [0.25, 0.3) is 0 Å². The third-order valence-corrected chi connectivity index (χ3v) is 4.15. The molecular formula is C20H40N4O3. The monoisotopic (exact) mass is 384 g/mol. The van der Waals surface area contributed by atoms with Crippen LogP contribution in [0.15, 0.2) is 4.99 Å². The van der Waals surface area contributed by atoms with Crippen LogP contribution in [0.5, 0.6) is 0 Å². The number of hydrogen-bond acceptors (Lipinski definition) is 5. The van der Waals surface area contributed by atoms with Crippen LogP contribution in [-0.4, -0.2) is 74.9 Å². The molecule has 158 valence electrons. The zero-order chi connectivity index (χ0) is 20.0. The van der Waals surface area contributed by atoms with Crippen LogP contribution in [0.1, 0.15) is 59.8 Å². The normalized spacial score (nSPS) is 16.2. The molecule has 1 saturated heterocycles. The molecule has 0 bridgehead atoms. The van der Waals surface area contributed by atoms with Crippen molar-refractivity contribution < 1.29 is 14.3 Å². The highest BCUT2D eigenvalue weighted by Gasteiger charge is 2.15. The van der Waals surface area contributed by atoms with Gasteiger partial charge in [-0.2, -0.15) is 0 Å². The summed E-state index contributed by atoms with van der Waals surface area (Å²) in [5.74, 6) is 0.791. The fourth-order valence-corrected chi connectivity index (χ4v) is 2.82. The van der Waals surface area contributed by atoms with Crippen LogP contribution in [0.2, 0.25) is 0 Å². The predicted molar refractivity (Wildman–Crippen MR) is 110 cm³/mol. The van der Waals surface area contributed by atoms with Crippen molar-refractivity contribution in [3.05, 3.63) is 0 Å². The fourth-order valence-electron chi connectivity index (χ4n) is 2.82. The Hall–Kier alpha value is -1.34. The minimum atomic E-state index is -0.386. The molecule has 0 aromatic rings. The highest BCUT2D eigenvalue weighted by atomic mass is 16.6. The second-order valence-electron chi connectivity index (χ2n) is 7.89. The summed E-state index contributed by atoms with van der Waals surface area (Å²) in [6, 6.07) is 0. The molecule has 0 radical (unpaired) electrons. The number of aliphatic imine (C=N–C) groups is 1. The topological polar surface area (TPSA) is 75.2 Å². The molecule has 0 saturated carbocycles. The van der Waals surface area contributed by atoms with Crippen molar-refractivity contribution in [3.8, 4) is 0 Å². The van der Waals surface area contributed by atoms with Crippen LogP contribution in [-0.2, 0) is 14.3 Å². The number of morpholine rings is 1. The summed E-state index contributed by atoms with van der Waals surface area (Å²) >= 11 is 0. The van der Waals surface area contributed by atoms with Crippen LogP contribution >= 0.6 is 0 Å². The van der Waals surface area contributed by atoms with Crippen molar-refractivity contribution in [3.63, 3.8) is 0 Å². The zero-order valence-electron chi connectivity index (χ0n) is 17.8. The Morgan fingerprint density at radius 1 is 1.11 bits per heavy atom. The lowest BCUT2D eigenvalue weighted by Gasteiger charge is -2.26. The maximum Gasteiger partial charge on any atom is 0.306 e. The molecule has 1 fully saturated rings. The Bertz CT molecular complexity index is 429. The van der Waals surface area contributed by atoms with E-state index >= 15 is 0 Å². The molecule has 1 rings (SSSR count). The number of ether oxygens (including phenoxy) is 2. The molecular weight excluding hydrogens is 344 g/mol. The fraction of sp³-hybridized carbons (Fsp3) is 0.900. The average molecular weight is 385 g/mol. The smallest absolute Gasteiger partial charge is 0.306 e. The van der Waals surface area contributed by atoms with Gasteiger partial charge in [0.1, 0.15) is 5.60 Å². The number of unbranched alkanes of at least 4 members (excludes halogenated alkanes) is 3. The molecule has 0 aliphatic carbocycles. The van der Waals surface area contributed by atoms with Crippen molar-refractivity contribution in [2.45, 2.75) is 65.4 Å². The maximum absolute atomic E-state index is 11.7. The maximum atomic E-state index is 11.7. The van der Waals surface area contributed by atoms with Gasteiger partial charge in [-0.15, -0.1) is 0 Å². The van der Waals surface area contributed by atoms with E-state index in [1.807, 2.05) is 20.8 Å². The predicted octanol–water partition coefficient (Wildman–Crippen LogP) is 2.17. The molecule has 0 aromatic heterocycles. The van der Waals surface area contributed by atoms with E-state index in [0.29, 0.717) is 6.42 Å². The summed E-state index contributed by atoms with van der Waals surface area (Å²) in [5.41, 5.74) is -0.386. The van der Waals surface area contributed by atoms with Crippen LogP contribution < -0.4 is 10.6 Å². The van der Waals surface area contributed by atoms with Gasteiger partial charge in [0.05, 0.1) is 13.2 Å². The Morgan fingerprint density at radius 2 is 1.81 bits per heavy atom. The van der Waals surface area contributed by atoms with E-state index in [9.17, 15) is 4.79 Å². The number of hydrogen-bond donors (Lipinski definition) is 2. The van der Waals surface area contributed by atoms with E-state index in [1.165, 1.54) is 0 Å². The summed E-state index contributed by atoms with van der Waals surface area (Å²) < 4.78 is 10.7. The first-order chi connectivity index (χ1) is 12.9. The van der Waals surface area contributed by atoms with Gasteiger partial charge in [0.15, 0.2) is 5.96 Å². The van der Waals surface area contributed by atoms with E-state index < -0.39 is 0 Å². The van der Waals surface area contributed by atoms with E-state index in [-0.39, 0.29) is 11.6 Å². The quantitative estimate of drug-likeness (QED) is 0.246. The van der Waals surface area contributed by atoms with E-state index in [4.69, 9.17) is 9.47 Å². The highest BCUT2D eigenvalue weighted by Crippen LogP contribution is 2.11. The lowest BCUT2D eigenvalue weighted by atomic mass is 10.1. The number of nitrogens with one attached hydrogen (secondary N) is 2. The van der Waals surface area contributed by atoms with Crippen molar-refractivity contribution in [1.82, 2.24) is 15.5 Å². The standard InChI is InChI=1S/C20H40N4O3/c1-5-21-19(23-12-13-24-14-16-26-17-15-24)22-11-9-7-6-8-10-18(25)27-20(2,3)4/h5-17H2,1-4H3,(H2,21,22,23). The molecule has 0 atom stereocenters. The van der Waals surface area contributed by atoms with Crippen molar-refractivity contribution >= 4 is 11.9 Å². The number of guanidine groups is 1. The van der Waals surface area contributed by atoms with Crippen LogP contribution in [0.3, 0.4) is 0 Å². The second kappa shape index (κ2) is 13.8. The summed E-state index contributed by atoms with van der Waals surface area (Å²) in [4.78, 5) is 18.7. The average Bonchev–Trinajstić information content (AvgIpc) is 2.60. The molecule has 7 heteroatoms. The van der Waals surface area contributed by atoms with Crippen molar-refractivity contribution in [1.29, 1.82) is 0 Å². The first-order valence-electron chi connectivity index (χ1n) is 10.4. The van der Waals surface area contributed by atoms with Gasteiger partial charge in [-0.1, -0.05) is 12.8 Å². The molecule has 0 aromatic carbocycles. The third kappa shape index (κ3) is 13.5. The second-order valence-corrected chi connectivity index (χ2v) is 7.89. The minimum Gasteiger partial charge on any atom is -0.460 e. The summed E-state index contributed by atoms with van der Waals surface area (Å²) in [6.07, 6.45) is 4.55. The third-order valence-electron chi connectivity index (χ3n) is 4.15. The minimum absolute atomic E-state index is 0.0978. The van der Waals surface area contributed by atoms with Gasteiger partial charge >= 0.3 is 5.97 Å². The van der Waals surface area contributed by atoms with Gasteiger partial charge in [-0.25, -0.2) is 0 Å². The van der Waals surface area contributed by atoms with Crippen molar-refractivity contribution in [2.75, 3.05) is 52.5 Å². The Labute approximate surface area is 165 Å². The molecule has 0 unspecified atom stereocenters. The van der Waals surface area contributed by atoms with Gasteiger partial charge in [0.2, 0.25) is 0 Å². The van der Waals surface area contributed by atoms with E-state index in [0.717, 1.165) is 84.1 Å². The van der Waals surface area contributed by atoms with Crippen molar-refractivity contribution in [2.24, 2.45) is 4.99 Å². The highest BCUT2D eigenvalue weighted by molar-refractivity contribution is 5.79. The lowest BCUT2D eigenvalue weighted by molar-refractivity contribution is -0.154. The molecule has 0 amide bonds. The SMILES string of the molecule is CCNC(=NCCCCCCC(=O)OC(C)(C)C)NCCN1CCOCC1. The molecule has 2 N–H and O–H groups in total. The van der Waals surface area contributed by atoms with Gasteiger partial charge in [0, 0.05) is 45.7 Å². The number of carbonyl (C=O) groups excluding carboxylic acids is 1. The number of rotatable bonds is 11. The largest absolute Gasteiger partial charge is 0.460 e. The number of carbonyl (C=O) groups is 1. The number of esters is 1. The van der Waals surface area contributed by atoms with Crippen LogP contribution in [0, 0.1) is 0 Å².